The summed E-state index contributed by atoms with van der Waals surface area (Å²) in [5, 5.41) is 12.1. The fourth-order valence-corrected chi connectivity index (χ4v) is 3.03. The van der Waals surface area contributed by atoms with E-state index < -0.39 is 0 Å². The zero-order valence-corrected chi connectivity index (χ0v) is 14.5. The van der Waals surface area contributed by atoms with Gasteiger partial charge in [-0.3, -0.25) is 4.79 Å². The van der Waals surface area contributed by atoms with Gasteiger partial charge in [0.25, 0.3) is 0 Å². The smallest absolute Gasteiger partial charge is 0.313 e. The highest BCUT2D eigenvalue weighted by molar-refractivity contribution is 6.30. The lowest BCUT2D eigenvalue weighted by atomic mass is 9.97. The maximum absolute atomic E-state index is 12.4. The second kappa shape index (κ2) is 7.13. The second-order valence-electron chi connectivity index (χ2n) is 5.91. The van der Waals surface area contributed by atoms with Crippen molar-refractivity contribution in [3.8, 4) is 11.4 Å². The van der Waals surface area contributed by atoms with E-state index in [0.717, 1.165) is 17.0 Å². The molecule has 1 aliphatic heterocycles. The van der Waals surface area contributed by atoms with Crippen LogP contribution in [0.2, 0.25) is 5.02 Å². The molecule has 0 fully saturated rings. The average molecular weight is 371 g/mol. The van der Waals surface area contributed by atoms with Crippen LogP contribution in [0.3, 0.4) is 0 Å². The van der Waals surface area contributed by atoms with Crippen molar-refractivity contribution in [2.24, 2.45) is 5.92 Å². The van der Waals surface area contributed by atoms with Crippen LogP contribution in [0, 0.1) is 5.92 Å². The molecule has 0 aliphatic carbocycles. The van der Waals surface area contributed by atoms with Gasteiger partial charge in [0.2, 0.25) is 0 Å². The molecule has 0 saturated carbocycles. The molecule has 4 rings (SSSR count). The van der Waals surface area contributed by atoms with Crippen molar-refractivity contribution in [2.45, 2.75) is 13.0 Å². The van der Waals surface area contributed by atoms with Crippen LogP contribution >= 0.6 is 11.6 Å². The van der Waals surface area contributed by atoms with E-state index in [9.17, 15) is 4.79 Å². The lowest BCUT2D eigenvalue weighted by Crippen LogP contribution is -2.30. The molecular weight excluding hydrogens is 356 g/mol. The lowest BCUT2D eigenvalue weighted by Gasteiger charge is -2.24. The average Bonchev–Trinajstić information content (AvgIpc) is 3.15. The number of esters is 1. The highest BCUT2D eigenvalue weighted by Crippen LogP contribution is 2.30. The van der Waals surface area contributed by atoms with Gasteiger partial charge in [-0.05, 0) is 52.7 Å². The Bertz CT molecular complexity index is 929. The van der Waals surface area contributed by atoms with Gasteiger partial charge in [-0.25, -0.2) is 0 Å². The van der Waals surface area contributed by atoms with E-state index in [2.05, 4.69) is 15.5 Å². The zero-order chi connectivity index (χ0) is 17.9. The Kier molecular flexibility index (Phi) is 4.53. The number of ether oxygens (including phenoxy) is 2. The lowest BCUT2D eigenvalue weighted by molar-refractivity contribution is -0.151. The molecule has 0 unspecified atom stereocenters. The fourth-order valence-electron chi connectivity index (χ4n) is 2.83. The van der Waals surface area contributed by atoms with E-state index in [0.29, 0.717) is 17.3 Å². The molecule has 0 spiro atoms. The van der Waals surface area contributed by atoms with Gasteiger partial charge in [-0.1, -0.05) is 29.8 Å². The minimum absolute atomic E-state index is 0.0143. The second-order valence-corrected chi connectivity index (χ2v) is 6.35. The Labute approximate surface area is 154 Å². The van der Waals surface area contributed by atoms with Crippen LogP contribution in [0.25, 0.3) is 5.69 Å². The SMILES string of the molecule is O=C(OCc1nnnn1-c1ccccc1)[C@H]1COc2ccc(Cl)cc2C1. The van der Waals surface area contributed by atoms with E-state index >= 15 is 0 Å². The number of benzene rings is 2. The minimum Gasteiger partial charge on any atom is -0.492 e. The van der Waals surface area contributed by atoms with Gasteiger partial charge in [0.05, 0.1) is 11.6 Å². The first-order valence-corrected chi connectivity index (χ1v) is 8.49. The van der Waals surface area contributed by atoms with E-state index in [-0.39, 0.29) is 25.1 Å². The molecule has 0 radical (unpaired) electrons. The van der Waals surface area contributed by atoms with E-state index in [1.165, 1.54) is 0 Å². The van der Waals surface area contributed by atoms with Crippen molar-refractivity contribution in [1.82, 2.24) is 20.2 Å². The molecule has 7 nitrogen and oxygen atoms in total. The summed E-state index contributed by atoms with van der Waals surface area (Å²) < 4.78 is 12.6. The van der Waals surface area contributed by atoms with Gasteiger partial charge in [0.15, 0.2) is 12.4 Å². The summed E-state index contributed by atoms with van der Waals surface area (Å²) in [6.07, 6.45) is 0.526. The number of nitrogens with zero attached hydrogens (tertiary/aromatic N) is 4. The topological polar surface area (TPSA) is 79.1 Å². The standard InChI is InChI=1S/C18H15ClN4O3/c19-14-6-7-16-12(9-14)8-13(10-25-16)18(24)26-11-17-20-21-22-23(17)15-4-2-1-3-5-15/h1-7,9,13H,8,10-11H2/t13-/m1/s1. The molecule has 3 aromatic rings. The minimum atomic E-state index is -0.387. The van der Waals surface area contributed by atoms with Crippen molar-refractivity contribution >= 4 is 17.6 Å². The number of halogens is 1. The Hall–Kier alpha value is -2.93. The van der Waals surface area contributed by atoms with Gasteiger partial charge in [0, 0.05) is 5.02 Å². The van der Waals surface area contributed by atoms with Crippen LogP contribution in [0.15, 0.2) is 48.5 Å². The monoisotopic (exact) mass is 370 g/mol. The first kappa shape index (κ1) is 16.5. The molecule has 0 bridgehead atoms. The molecule has 8 heteroatoms. The molecule has 1 atom stereocenters. The summed E-state index contributed by atoms with van der Waals surface area (Å²) in [4.78, 5) is 12.4. The quantitative estimate of drug-likeness (QED) is 0.657. The fraction of sp³-hybridized carbons (Fsp3) is 0.222. The Morgan fingerprint density at radius 1 is 1.27 bits per heavy atom. The maximum atomic E-state index is 12.4. The van der Waals surface area contributed by atoms with Crippen molar-refractivity contribution in [3.05, 3.63) is 64.9 Å². The van der Waals surface area contributed by atoms with E-state index in [4.69, 9.17) is 21.1 Å². The number of hydrogen-bond acceptors (Lipinski definition) is 6. The van der Waals surface area contributed by atoms with Gasteiger partial charge in [0.1, 0.15) is 12.4 Å². The number of hydrogen-bond donors (Lipinski definition) is 0. The predicted molar refractivity (Wildman–Crippen MR) is 93.1 cm³/mol. The van der Waals surface area contributed by atoms with Gasteiger partial charge in [-0.2, -0.15) is 4.68 Å². The predicted octanol–water partition coefficient (Wildman–Crippen LogP) is 2.61. The van der Waals surface area contributed by atoms with Crippen LogP contribution in [-0.2, 0) is 22.6 Å². The Balaban J connectivity index is 1.42. The summed E-state index contributed by atoms with van der Waals surface area (Å²) >= 11 is 6.01. The molecule has 2 aromatic carbocycles. The van der Waals surface area contributed by atoms with Crippen LogP contribution in [0.4, 0.5) is 0 Å². The first-order valence-electron chi connectivity index (χ1n) is 8.11. The summed E-state index contributed by atoms with van der Waals surface area (Å²) in [6.45, 7) is 0.261. The number of tetrazole rings is 1. The number of aromatic nitrogens is 4. The zero-order valence-electron chi connectivity index (χ0n) is 13.7. The van der Waals surface area contributed by atoms with Gasteiger partial charge >= 0.3 is 5.97 Å². The third kappa shape index (κ3) is 3.39. The number of carbonyl (C=O) groups is 1. The van der Waals surface area contributed by atoms with Crippen LogP contribution in [0.1, 0.15) is 11.4 Å². The van der Waals surface area contributed by atoms with Gasteiger partial charge < -0.3 is 9.47 Å². The van der Waals surface area contributed by atoms with Crippen molar-refractivity contribution in [3.63, 3.8) is 0 Å². The molecule has 1 aliphatic rings. The van der Waals surface area contributed by atoms with E-state index in [1.807, 2.05) is 42.5 Å². The number of fused-ring (bicyclic) bond motifs is 1. The highest BCUT2D eigenvalue weighted by Gasteiger charge is 2.28. The first-order chi connectivity index (χ1) is 12.7. The Morgan fingerprint density at radius 3 is 2.96 bits per heavy atom. The summed E-state index contributed by atoms with van der Waals surface area (Å²) in [7, 11) is 0. The van der Waals surface area contributed by atoms with Crippen LogP contribution in [-0.4, -0.2) is 32.8 Å². The normalized spacial score (nSPS) is 15.8. The molecule has 1 aromatic heterocycles. The summed E-state index contributed by atoms with van der Waals surface area (Å²) in [6, 6.07) is 14.8. The maximum Gasteiger partial charge on any atom is 0.313 e. The molecule has 26 heavy (non-hydrogen) atoms. The third-order valence-electron chi connectivity index (χ3n) is 4.14. The van der Waals surface area contributed by atoms with Crippen molar-refractivity contribution < 1.29 is 14.3 Å². The highest BCUT2D eigenvalue weighted by atomic mass is 35.5. The molecule has 0 N–H and O–H groups in total. The molecule has 0 amide bonds. The van der Waals surface area contributed by atoms with Crippen molar-refractivity contribution in [2.75, 3.05) is 6.61 Å². The molecule has 132 valence electrons. The summed E-state index contributed by atoms with van der Waals surface area (Å²) in [5.74, 6) is 0.469. The molecule has 2 heterocycles. The van der Waals surface area contributed by atoms with Crippen LogP contribution in [0.5, 0.6) is 5.75 Å². The van der Waals surface area contributed by atoms with Crippen LogP contribution < -0.4 is 4.74 Å². The summed E-state index contributed by atoms with van der Waals surface area (Å²) in [5.41, 5.74) is 1.70. The van der Waals surface area contributed by atoms with Crippen molar-refractivity contribution in [1.29, 1.82) is 0 Å². The number of rotatable bonds is 4. The number of carbonyl (C=O) groups excluding carboxylic acids is 1. The van der Waals surface area contributed by atoms with E-state index in [1.54, 1.807) is 10.7 Å². The van der Waals surface area contributed by atoms with Gasteiger partial charge in [-0.15, -0.1) is 5.10 Å². The largest absolute Gasteiger partial charge is 0.492 e. The molecular formula is C18H15ClN4O3. The molecule has 0 saturated heterocycles. The Morgan fingerprint density at radius 2 is 2.12 bits per heavy atom. The third-order valence-corrected chi connectivity index (χ3v) is 4.38. The number of para-hydroxylation sites is 1.